The lowest BCUT2D eigenvalue weighted by molar-refractivity contribution is -0.138. The van der Waals surface area contributed by atoms with Gasteiger partial charge in [0.2, 0.25) is 0 Å². The highest BCUT2D eigenvalue weighted by atomic mass is 35.5. The molecule has 3 atom stereocenters. The fourth-order valence-electron chi connectivity index (χ4n) is 2.43. The molecule has 1 aliphatic heterocycles. The van der Waals surface area contributed by atoms with Gasteiger partial charge in [-0.1, -0.05) is 18.5 Å². The van der Waals surface area contributed by atoms with E-state index in [2.05, 4.69) is 6.92 Å². The largest absolute Gasteiger partial charge is 0.464 e. The molecule has 1 aliphatic rings. The van der Waals surface area contributed by atoms with Crippen LogP contribution in [0.2, 0.25) is 0 Å². The first-order chi connectivity index (χ1) is 8.49. The fraction of sp³-hybridized carbons (Fsp3) is 0.615. The maximum atomic E-state index is 13.0. The van der Waals surface area contributed by atoms with Crippen LogP contribution < -0.4 is 0 Å². The Labute approximate surface area is 111 Å². The number of carbonyl (C=O) groups excluding carboxylic acids is 1. The Morgan fingerprint density at radius 1 is 1.61 bits per heavy atom. The summed E-state index contributed by atoms with van der Waals surface area (Å²) in [5.41, 5.74) is -1.98. The lowest BCUT2D eigenvalue weighted by Crippen LogP contribution is -2.43. The van der Waals surface area contributed by atoms with Crippen molar-refractivity contribution in [3.8, 4) is 0 Å². The molecule has 1 unspecified atom stereocenters. The van der Waals surface area contributed by atoms with Crippen LogP contribution in [-0.2, 0) is 4.79 Å². The zero-order chi connectivity index (χ0) is 13.3. The number of piperidine rings is 1. The van der Waals surface area contributed by atoms with Crippen LogP contribution in [0.3, 0.4) is 0 Å². The first-order valence-corrected chi connectivity index (χ1v) is 6.57. The highest BCUT2D eigenvalue weighted by Crippen LogP contribution is 2.35. The summed E-state index contributed by atoms with van der Waals surface area (Å²) in [6.07, 6.45) is 1.65. The van der Waals surface area contributed by atoms with Crippen LogP contribution in [0.25, 0.3) is 0 Å². The van der Waals surface area contributed by atoms with Gasteiger partial charge in [-0.15, -0.1) is 0 Å². The predicted molar refractivity (Wildman–Crippen MR) is 67.0 cm³/mol. The van der Waals surface area contributed by atoms with Gasteiger partial charge in [0.1, 0.15) is 11.5 Å². The molecule has 1 aromatic heterocycles. The lowest BCUT2D eigenvalue weighted by Gasteiger charge is -2.37. The van der Waals surface area contributed by atoms with Crippen molar-refractivity contribution in [1.82, 2.24) is 4.90 Å². The normalized spacial score (nSPS) is 26.1. The van der Waals surface area contributed by atoms with Gasteiger partial charge in [-0.2, -0.15) is 0 Å². The Morgan fingerprint density at radius 3 is 2.89 bits per heavy atom. The Kier molecular flexibility index (Phi) is 3.95. The molecule has 0 radical (unpaired) electrons. The Bertz CT molecular complexity index is 432. The van der Waals surface area contributed by atoms with Crippen molar-refractivity contribution in [2.24, 2.45) is 5.92 Å². The zero-order valence-corrected chi connectivity index (χ0v) is 11.3. The number of halogens is 2. The van der Waals surface area contributed by atoms with Gasteiger partial charge in [-0.05, 0) is 37.8 Å². The van der Waals surface area contributed by atoms with Gasteiger partial charge in [0.25, 0.3) is 11.5 Å². The van der Waals surface area contributed by atoms with E-state index >= 15 is 0 Å². The molecule has 0 bridgehead atoms. The Morgan fingerprint density at radius 2 is 2.33 bits per heavy atom. The summed E-state index contributed by atoms with van der Waals surface area (Å²) < 4.78 is 18.6. The van der Waals surface area contributed by atoms with E-state index in [4.69, 9.17) is 16.0 Å². The number of hydrogen-bond donors (Lipinski definition) is 0. The maximum Gasteiger partial charge on any atom is 0.273 e. The molecule has 2 rings (SSSR count). The monoisotopic (exact) mass is 273 g/mol. The molecular weight excluding hydrogens is 257 g/mol. The minimum Gasteiger partial charge on any atom is -0.464 e. The zero-order valence-electron chi connectivity index (χ0n) is 10.5. The van der Waals surface area contributed by atoms with E-state index in [1.165, 1.54) is 4.90 Å². The van der Waals surface area contributed by atoms with E-state index < -0.39 is 11.5 Å². The van der Waals surface area contributed by atoms with Crippen LogP contribution in [-0.4, -0.2) is 23.0 Å². The summed E-state index contributed by atoms with van der Waals surface area (Å²) in [4.78, 5) is 13.3. The molecule has 5 heteroatoms. The van der Waals surface area contributed by atoms with Crippen molar-refractivity contribution in [1.29, 1.82) is 0 Å². The van der Waals surface area contributed by atoms with E-state index in [0.717, 1.165) is 18.6 Å². The molecule has 0 saturated carbocycles. The van der Waals surface area contributed by atoms with Gasteiger partial charge in [-0.25, -0.2) is 4.39 Å². The van der Waals surface area contributed by atoms with Crippen LogP contribution in [0.15, 0.2) is 16.5 Å². The average molecular weight is 274 g/mol. The summed E-state index contributed by atoms with van der Waals surface area (Å²) in [6.45, 7) is 4.50. The number of hydrogen-bond acceptors (Lipinski definition) is 2. The van der Waals surface area contributed by atoms with Crippen molar-refractivity contribution < 1.29 is 13.6 Å². The fourth-order valence-corrected chi connectivity index (χ4v) is 2.56. The number of rotatable bonds is 2. The number of alkyl halides is 2. The maximum absolute atomic E-state index is 13.0. The van der Waals surface area contributed by atoms with Gasteiger partial charge in [-0.3, -0.25) is 4.79 Å². The number of furan rings is 1. The van der Waals surface area contributed by atoms with E-state index in [9.17, 15) is 9.18 Å². The minimum absolute atomic E-state index is 0.202. The quantitative estimate of drug-likeness (QED) is 0.774. The molecule has 0 aromatic carbocycles. The van der Waals surface area contributed by atoms with Crippen molar-refractivity contribution in [3.63, 3.8) is 0 Å². The van der Waals surface area contributed by atoms with E-state index in [1.807, 2.05) is 19.1 Å². The molecule has 1 saturated heterocycles. The predicted octanol–water partition coefficient (Wildman–Crippen LogP) is 3.42. The summed E-state index contributed by atoms with van der Waals surface area (Å²) in [5.74, 6) is 1.32. The van der Waals surface area contributed by atoms with Gasteiger partial charge in [0, 0.05) is 6.54 Å². The molecule has 3 nitrogen and oxygen atoms in total. The molecule has 2 heterocycles. The third-order valence-electron chi connectivity index (χ3n) is 3.42. The Hall–Kier alpha value is -1.03. The smallest absolute Gasteiger partial charge is 0.273 e. The van der Waals surface area contributed by atoms with Crippen molar-refractivity contribution >= 4 is 17.5 Å². The average Bonchev–Trinajstić information content (AvgIpc) is 2.74. The topological polar surface area (TPSA) is 33.5 Å². The molecule has 1 aromatic rings. The minimum atomic E-state index is -1.98. The molecular formula is C13H17ClFNO2. The summed E-state index contributed by atoms with van der Waals surface area (Å²) in [6, 6.07) is 3.50. The van der Waals surface area contributed by atoms with Crippen molar-refractivity contribution in [2.45, 2.75) is 38.4 Å². The number of amides is 1. The van der Waals surface area contributed by atoms with E-state index in [1.54, 1.807) is 0 Å². The van der Waals surface area contributed by atoms with Gasteiger partial charge < -0.3 is 9.32 Å². The van der Waals surface area contributed by atoms with E-state index in [-0.39, 0.29) is 6.04 Å². The first-order valence-electron chi connectivity index (χ1n) is 6.14. The summed E-state index contributed by atoms with van der Waals surface area (Å²) >= 11 is 5.27. The van der Waals surface area contributed by atoms with Gasteiger partial charge in [0.15, 0.2) is 0 Å². The summed E-state index contributed by atoms with van der Waals surface area (Å²) in [7, 11) is 0. The highest BCUT2D eigenvalue weighted by molar-refractivity contribution is 6.29. The molecule has 100 valence electrons. The second-order valence-electron chi connectivity index (χ2n) is 4.93. The van der Waals surface area contributed by atoms with Crippen LogP contribution in [0.4, 0.5) is 4.39 Å². The van der Waals surface area contributed by atoms with E-state index in [0.29, 0.717) is 18.2 Å². The van der Waals surface area contributed by atoms with Crippen LogP contribution in [0.1, 0.15) is 37.3 Å². The second kappa shape index (κ2) is 5.31. The van der Waals surface area contributed by atoms with Gasteiger partial charge in [0.05, 0.1) is 6.04 Å². The third kappa shape index (κ3) is 2.69. The van der Waals surface area contributed by atoms with Crippen LogP contribution in [0.5, 0.6) is 0 Å². The Balaban J connectivity index is 2.24. The number of likely N-dealkylation sites (tertiary alicyclic amines) is 1. The van der Waals surface area contributed by atoms with Crippen LogP contribution >= 0.6 is 11.6 Å². The number of nitrogens with zero attached hydrogens (tertiary/aromatic N) is 1. The SMILES string of the molecule is Cc1ccc([C@H]2C[C@H](C)CCN2C(=O)C(F)Cl)o1. The first kappa shape index (κ1) is 13.4. The van der Waals surface area contributed by atoms with Crippen molar-refractivity contribution in [2.75, 3.05) is 6.54 Å². The lowest BCUT2D eigenvalue weighted by atomic mass is 9.91. The number of aryl methyl sites for hydroxylation is 1. The van der Waals surface area contributed by atoms with Gasteiger partial charge >= 0.3 is 0 Å². The summed E-state index contributed by atoms with van der Waals surface area (Å²) in [5, 5.41) is 0. The van der Waals surface area contributed by atoms with Crippen LogP contribution in [0, 0.1) is 12.8 Å². The third-order valence-corrected chi connectivity index (χ3v) is 3.61. The molecule has 0 spiro atoms. The molecule has 0 aliphatic carbocycles. The molecule has 1 fully saturated rings. The second-order valence-corrected chi connectivity index (χ2v) is 5.31. The standard InChI is InChI=1S/C13H17ClFNO2/c1-8-5-6-16(13(17)12(14)15)10(7-8)11-4-3-9(2)18-11/h3-4,8,10,12H,5-7H2,1-2H3/t8-,10-,12?/m1/s1. The van der Waals surface area contributed by atoms with Crippen molar-refractivity contribution in [3.05, 3.63) is 23.7 Å². The molecule has 0 N–H and O–H groups in total. The molecule has 18 heavy (non-hydrogen) atoms. The highest BCUT2D eigenvalue weighted by Gasteiger charge is 2.35. The molecule has 1 amide bonds. The number of carbonyl (C=O) groups is 1.